The van der Waals surface area contributed by atoms with Gasteiger partial charge in [0, 0.05) is 19.4 Å². The van der Waals surface area contributed by atoms with Crippen LogP contribution in [0.25, 0.3) is 0 Å². The zero-order valence-electron chi connectivity index (χ0n) is 34.9. The molecule has 55 heavy (non-hydrogen) atoms. The van der Waals surface area contributed by atoms with E-state index in [1.54, 1.807) is 0 Å². The number of carbonyl (C=O) groups is 2. The molecule has 0 spiro atoms. The first-order chi connectivity index (χ1) is 26.8. The van der Waals surface area contributed by atoms with E-state index in [-0.39, 0.29) is 32.6 Å². The summed E-state index contributed by atoms with van der Waals surface area (Å²) in [5, 5.41) is 0. The monoisotopic (exact) mass is 794 g/mol. The minimum Gasteiger partial charge on any atom is -0.462 e. The molecule has 0 aromatic carbocycles. The number of phosphoric ester groups is 1. The van der Waals surface area contributed by atoms with Gasteiger partial charge in [-0.25, -0.2) is 4.57 Å². The Morgan fingerprint density at radius 3 is 1.40 bits per heavy atom. The second-order valence-electron chi connectivity index (χ2n) is 14.2. The van der Waals surface area contributed by atoms with Crippen LogP contribution in [-0.4, -0.2) is 49.3 Å². The van der Waals surface area contributed by atoms with E-state index >= 15 is 0 Å². The van der Waals surface area contributed by atoms with E-state index in [0.717, 1.165) is 89.9 Å². The Labute approximate surface area is 336 Å². The van der Waals surface area contributed by atoms with Gasteiger partial charge >= 0.3 is 19.8 Å². The van der Waals surface area contributed by atoms with E-state index in [4.69, 9.17) is 24.3 Å². The van der Waals surface area contributed by atoms with Gasteiger partial charge in [-0.3, -0.25) is 18.6 Å². The Morgan fingerprint density at radius 2 is 0.945 bits per heavy atom. The Hall–Kier alpha value is -2.29. The quantitative estimate of drug-likeness (QED) is 0.0269. The molecule has 0 aromatic rings. The number of allylic oxidation sites excluding steroid dienone is 10. The molecular formula is C45H80NO8P. The third kappa shape index (κ3) is 41.2. The first-order valence-corrected chi connectivity index (χ1v) is 23.3. The van der Waals surface area contributed by atoms with Crippen molar-refractivity contribution < 1.29 is 37.6 Å². The summed E-state index contributed by atoms with van der Waals surface area (Å²) < 4.78 is 32.8. The smallest absolute Gasteiger partial charge is 0.462 e. The largest absolute Gasteiger partial charge is 0.472 e. The van der Waals surface area contributed by atoms with Crippen molar-refractivity contribution in [3.8, 4) is 0 Å². The minimum atomic E-state index is -4.39. The summed E-state index contributed by atoms with van der Waals surface area (Å²) in [6.07, 6.45) is 48.1. The number of unbranched alkanes of at least 4 members (excludes halogenated alkanes) is 17. The highest BCUT2D eigenvalue weighted by Gasteiger charge is 2.26. The van der Waals surface area contributed by atoms with Crippen LogP contribution >= 0.6 is 7.82 Å². The first kappa shape index (κ1) is 52.7. The molecule has 0 aliphatic heterocycles. The molecule has 2 unspecified atom stereocenters. The van der Waals surface area contributed by atoms with Gasteiger partial charge in [-0.1, -0.05) is 145 Å². The van der Waals surface area contributed by atoms with Crippen molar-refractivity contribution in [3.63, 3.8) is 0 Å². The van der Waals surface area contributed by atoms with E-state index in [9.17, 15) is 19.0 Å². The van der Waals surface area contributed by atoms with Gasteiger partial charge in [-0.15, -0.1) is 0 Å². The zero-order chi connectivity index (χ0) is 40.3. The SMILES string of the molecule is CCCCC/C=C\C/C=C\C/C=C\CCCCCCCCC(=O)OC(COC(=O)CCCCCCC/C=C\C/C=C\CCCCC)COP(=O)(O)OCCN. The number of hydrogen-bond donors (Lipinski definition) is 2. The predicted octanol–water partition coefficient (Wildman–Crippen LogP) is 12.5. The topological polar surface area (TPSA) is 134 Å². The average Bonchev–Trinajstić information content (AvgIpc) is 3.17. The first-order valence-electron chi connectivity index (χ1n) is 21.8. The Balaban J connectivity index is 4.21. The van der Waals surface area contributed by atoms with Gasteiger partial charge in [0.15, 0.2) is 6.10 Å². The zero-order valence-corrected chi connectivity index (χ0v) is 35.8. The van der Waals surface area contributed by atoms with E-state index in [2.05, 4.69) is 74.6 Å². The fraction of sp³-hybridized carbons (Fsp3) is 0.733. The van der Waals surface area contributed by atoms with Crippen molar-refractivity contribution in [2.75, 3.05) is 26.4 Å². The minimum absolute atomic E-state index is 0.0464. The summed E-state index contributed by atoms with van der Waals surface area (Å²) in [5.74, 6) is -0.863. The van der Waals surface area contributed by atoms with Gasteiger partial charge in [0.2, 0.25) is 0 Å². The molecule has 9 nitrogen and oxygen atoms in total. The third-order valence-electron chi connectivity index (χ3n) is 8.88. The molecule has 0 amide bonds. The number of hydrogen-bond acceptors (Lipinski definition) is 8. The van der Waals surface area contributed by atoms with Crippen LogP contribution < -0.4 is 5.73 Å². The van der Waals surface area contributed by atoms with E-state index in [0.29, 0.717) is 12.8 Å². The summed E-state index contributed by atoms with van der Waals surface area (Å²) in [5.41, 5.74) is 5.34. The molecule has 0 radical (unpaired) electrons. The molecular weight excluding hydrogens is 713 g/mol. The van der Waals surface area contributed by atoms with Crippen molar-refractivity contribution in [1.29, 1.82) is 0 Å². The van der Waals surface area contributed by atoms with Gasteiger partial charge in [-0.05, 0) is 83.5 Å². The number of esters is 2. The van der Waals surface area contributed by atoms with Crippen LogP contribution in [0.4, 0.5) is 0 Å². The molecule has 0 saturated carbocycles. The summed E-state index contributed by atoms with van der Waals surface area (Å²) in [6, 6.07) is 0. The second kappa shape index (κ2) is 41.3. The number of ether oxygens (including phenoxy) is 2. The normalized spacial score (nSPS) is 13.9. The highest BCUT2D eigenvalue weighted by Crippen LogP contribution is 2.43. The van der Waals surface area contributed by atoms with E-state index < -0.39 is 32.5 Å². The van der Waals surface area contributed by atoms with Crippen LogP contribution in [0.3, 0.4) is 0 Å². The maximum atomic E-state index is 12.6. The van der Waals surface area contributed by atoms with Crippen molar-refractivity contribution in [2.45, 2.75) is 187 Å². The summed E-state index contributed by atoms with van der Waals surface area (Å²) in [6.45, 7) is 3.64. The highest BCUT2D eigenvalue weighted by atomic mass is 31.2. The molecule has 2 atom stereocenters. The molecule has 0 saturated heterocycles. The maximum absolute atomic E-state index is 12.6. The number of phosphoric acid groups is 1. The lowest BCUT2D eigenvalue weighted by Gasteiger charge is -2.19. The maximum Gasteiger partial charge on any atom is 0.472 e. The Kier molecular flexibility index (Phi) is 39.6. The highest BCUT2D eigenvalue weighted by molar-refractivity contribution is 7.47. The summed E-state index contributed by atoms with van der Waals surface area (Å²) in [4.78, 5) is 34.9. The van der Waals surface area contributed by atoms with Crippen molar-refractivity contribution in [3.05, 3.63) is 60.8 Å². The molecule has 0 fully saturated rings. The van der Waals surface area contributed by atoms with Crippen LogP contribution in [0.15, 0.2) is 60.8 Å². The van der Waals surface area contributed by atoms with Gasteiger partial charge in [-0.2, -0.15) is 0 Å². The van der Waals surface area contributed by atoms with Crippen molar-refractivity contribution in [1.82, 2.24) is 0 Å². The molecule has 0 bridgehead atoms. The molecule has 3 N–H and O–H groups in total. The van der Waals surface area contributed by atoms with Crippen LogP contribution in [0.1, 0.15) is 181 Å². The van der Waals surface area contributed by atoms with E-state index in [1.165, 1.54) is 51.4 Å². The van der Waals surface area contributed by atoms with Crippen LogP contribution in [-0.2, 0) is 32.7 Å². The average molecular weight is 794 g/mol. The lowest BCUT2D eigenvalue weighted by Crippen LogP contribution is -2.29. The van der Waals surface area contributed by atoms with Crippen LogP contribution in [0.2, 0.25) is 0 Å². The fourth-order valence-electron chi connectivity index (χ4n) is 5.61. The molecule has 10 heteroatoms. The predicted molar refractivity (Wildman–Crippen MR) is 229 cm³/mol. The molecule has 0 aliphatic rings. The summed E-state index contributed by atoms with van der Waals surface area (Å²) >= 11 is 0. The van der Waals surface area contributed by atoms with Crippen molar-refractivity contribution in [2.24, 2.45) is 5.73 Å². The van der Waals surface area contributed by atoms with Crippen molar-refractivity contribution >= 4 is 19.8 Å². The van der Waals surface area contributed by atoms with Crippen LogP contribution in [0, 0.1) is 0 Å². The molecule has 0 rings (SSSR count). The lowest BCUT2D eigenvalue weighted by molar-refractivity contribution is -0.161. The lowest BCUT2D eigenvalue weighted by atomic mass is 10.1. The van der Waals surface area contributed by atoms with Gasteiger partial charge in [0.05, 0.1) is 13.2 Å². The molecule has 318 valence electrons. The number of rotatable bonds is 40. The van der Waals surface area contributed by atoms with Crippen LogP contribution in [0.5, 0.6) is 0 Å². The second-order valence-corrected chi connectivity index (χ2v) is 15.7. The molecule has 0 aromatic heterocycles. The third-order valence-corrected chi connectivity index (χ3v) is 9.86. The summed E-state index contributed by atoms with van der Waals surface area (Å²) in [7, 11) is -4.39. The number of nitrogens with two attached hydrogens (primary N) is 1. The Bertz CT molecular complexity index is 1090. The van der Waals surface area contributed by atoms with Gasteiger partial charge in [0.25, 0.3) is 0 Å². The number of carbonyl (C=O) groups excluding carboxylic acids is 2. The Morgan fingerprint density at radius 1 is 0.545 bits per heavy atom. The fourth-order valence-corrected chi connectivity index (χ4v) is 6.38. The molecule has 0 aliphatic carbocycles. The standard InChI is InChI=1S/C45H80NO8P/c1-3-5-7-9-11-13-15-17-19-20-21-22-24-26-28-30-32-34-36-38-45(48)54-43(42-53-55(49,50)52-40-39-46)41-51-44(47)37-35-33-31-29-27-25-23-18-16-14-12-10-8-6-4-2/h11-14,17-19,21-23,43H,3-10,15-16,20,24-42,46H2,1-2H3,(H,49,50)/b13-11-,14-12-,19-17-,22-21-,23-18-. The molecule has 0 heterocycles. The van der Waals surface area contributed by atoms with E-state index in [1.807, 2.05) is 0 Å². The van der Waals surface area contributed by atoms with Gasteiger partial charge in [0.1, 0.15) is 6.61 Å². The van der Waals surface area contributed by atoms with Gasteiger partial charge < -0.3 is 20.1 Å².